The molecule has 1 aliphatic rings. The number of ether oxygens (including phenoxy) is 1. The van der Waals surface area contributed by atoms with Gasteiger partial charge < -0.3 is 9.64 Å². The molecule has 2 aromatic carbocycles. The Kier molecular flexibility index (Phi) is 8.82. The molecule has 2 heterocycles. The molecule has 38 heavy (non-hydrogen) atoms. The lowest BCUT2D eigenvalue weighted by Gasteiger charge is -2.33. The van der Waals surface area contributed by atoms with Crippen molar-refractivity contribution >= 4 is 23.8 Å². The third-order valence-corrected chi connectivity index (χ3v) is 6.56. The first-order valence-electron chi connectivity index (χ1n) is 11.7. The lowest BCUT2D eigenvalue weighted by molar-refractivity contribution is -0.195. The quantitative estimate of drug-likeness (QED) is 0.126. The molecule has 1 aromatic heterocycles. The number of piperidine rings is 1. The topological polar surface area (TPSA) is 99.8 Å². The number of anilines is 1. The second-order valence-electron chi connectivity index (χ2n) is 8.39. The van der Waals surface area contributed by atoms with Crippen LogP contribution in [0.1, 0.15) is 25.6 Å². The van der Waals surface area contributed by atoms with Crippen LogP contribution in [0.4, 0.5) is 23.4 Å². The SMILES string of the molecule is CCOC(=O)C1CCN(c2nc(C(F)(F)F)nc(-c3ccc(F)cc3)c2-c2cccc(SOON)c2)CC1. The first-order valence-corrected chi connectivity index (χ1v) is 12.4. The van der Waals surface area contributed by atoms with Gasteiger partial charge in [-0.05, 0) is 61.7 Å². The number of halogens is 4. The smallest absolute Gasteiger partial charge is 0.451 e. The zero-order valence-electron chi connectivity index (χ0n) is 20.2. The molecule has 13 heteroatoms. The molecule has 4 rings (SSSR count). The molecule has 1 aliphatic heterocycles. The fourth-order valence-corrected chi connectivity index (χ4v) is 4.66. The van der Waals surface area contributed by atoms with Crippen molar-refractivity contribution in [1.82, 2.24) is 9.97 Å². The van der Waals surface area contributed by atoms with Gasteiger partial charge in [-0.3, -0.25) is 4.79 Å². The summed E-state index contributed by atoms with van der Waals surface area (Å²) in [5, 5.41) is 0. The Morgan fingerprint density at radius 2 is 1.82 bits per heavy atom. The Bertz CT molecular complexity index is 1270. The number of carbonyl (C=O) groups is 1. The van der Waals surface area contributed by atoms with Gasteiger partial charge in [0, 0.05) is 23.5 Å². The molecule has 0 amide bonds. The average molecular weight is 553 g/mol. The number of carbonyl (C=O) groups excluding carboxylic acids is 1. The van der Waals surface area contributed by atoms with E-state index in [-0.39, 0.29) is 48.7 Å². The lowest BCUT2D eigenvalue weighted by Crippen LogP contribution is -2.38. The van der Waals surface area contributed by atoms with Gasteiger partial charge in [0.25, 0.3) is 0 Å². The number of nitrogens with two attached hydrogens (primary N) is 1. The van der Waals surface area contributed by atoms with E-state index in [1.165, 1.54) is 12.1 Å². The van der Waals surface area contributed by atoms with Gasteiger partial charge in [0.15, 0.2) is 0 Å². The highest BCUT2D eigenvalue weighted by atomic mass is 32.2. The molecule has 0 aliphatic carbocycles. The van der Waals surface area contributed by atoms with Gasteiger partial charge in [0.2, 0.25) is 5.82 Å². The highest BCUT2D eigenvalue weighted by molar-refractivity contribution is 7.94. The van der Waals surface area contributed by atoms with Crippen LogP contribution in [0.2, 0.25) is 0 Å². The predicted molar refractivity (Wildman–Crippen MR) is 132 cm³/mol. The summed E-state index contributed by atoms with van der Waals surface area (Å²) in [7, 11) is 0. The van der Waals surface area contributed by atoms with E-state index in [0.717, 1.165) is 24.2 Å². The van der Waals surface area contributed by atoms with Crippen molar-refractivity contribution in [2.45, 2.75) is 30.8 Å². The summed E-state index contributed by atoms with van der Waals surface area (Å²) in [6.45, 7) is 2.50. The van der Waals surface area contributed by atoms with Crippen LogP contribution >= 0.6 is 12.0 Å². The highest BCUT2D eigenvalue weighted by Crippen LogP contribution is 2.42. The first kappa shape index (κ1) is 27.8. The normalized spacial score (nSPS) is 14.5. The van der Waals surface area contributed by atoms with E-state index >= 15 is 0 Å². The molecule has 0 saturated carbocycles. The van der Waals surface area contributed by atoms with E-state index in [2.05, 4.69) is 15.0 Å². The molecule has 3 aromatic rings. The van der Waals surface area contributed by atoms with Gasteiger partial charge in [-0.2, -0.15) is 19.1 Å². The Morgan fingerprint density at radius 3 is 2.45 bits per heavy atom. The molecular formula is C25H24F4N4O4S. The Labute approximate surface area is 220 Å². The second kappa shape index (κ2) is 12.1. The van der Waals surface area contributed by atoms with Crippen molar-refractivity contribution in [3.8, 4) is 22.4 Å². The summed E-state index contributed by atoms with van der Waals surface area (Å²) in [6, 6.07) is 11.8. The minimum absolute atomic E-state index is 0.0204. The molecule has 202 valence electrons. The van der Waals surface area contributed by atoms with Crippen molar-refractivity contribution < 1.29 is 36.4 Å². The largest absolute Gasteiger partial charge is 0.466 e. The minimum atomic E-state index is -4.84. The van der Waals surface area contributed by atoms with E-state index in [1.807, 2.05) is 0 Å². The van der Waals surface area contributed by atoms with Crippen molar-refractivity contribution in [3.63, 3.8) is 0 Å². The molecular weight excluding hydrogens is 528 g/mol. The molecule has 8 nitrogen and oxygen atoms in total. The third-order valence-electron chi connectivity index (χ3n) is 5.97. The lowest BCUT2D eigenvalue weighted by atomic mass is 9.95. The van der Waals surface area contributed by atoms with Crippen LogP contribution in [0.15, 0.2) is 53.4 Å². The van der Waals surface area contributed by atoms with Crippen molar-refractivity contribution in [3.05, 3.63) is 60.2 Å². The van der Waals surface area contributed by atoms with E-state index in [1.54, 1.807) is 36.1 Å². The van der Waals surface area contributed by atoms with Crippen LogP contribution in [0.25, 0.3) is 22.4 Å². The van der Waals surface area contributed by atoms with E-state index < -0.39 is 17.8 Å². The maximum atomic E-state index is 14.0. The maximum absolute atomic E-state index is 14.0. The molecule has 0 bridgehead atoms. The first-order chi connectivity index (χ1) is 18.2. The molecule has 0 unspecified atom stereocenters. The monoisotopic (exact) mass is 552 g/mol. The van der Waals surface area contributed by atoms with Crippen molar-refractivity contribution in [2.24, 2.45) is 11.8 Å². The Morgan fingerprint density at radius 1 is 1.11 bits per heavy atom. The summed E-state index contributed by atoms with van der Waals surface area (Å²) >= 11 is 0.807. The van der Waals surface area contributed by atoms with Gasteiger partial charge in [-0.1, -0.05) is 12.1 Å². The van der Waals surface area contributed by atoms with Crippen molar-refractivity contribution in [2.75, 3.05) is 24.6 Å². The van der Waals surface area contributed by atoms with Crippen molar-refractivity contribution in [1.29, 1.82) is 0 Å². The van der Waals surface area contributed by atoms with Crippen LogP contribution < -0.4 is 10.8 Å². The standard InChI is InChI=1S/C25H24F4N4O4S/c1-2-35-23(34)16-10-12-33(13-11-16)22-20(17-4-3-5-19(14-17)38-37-36-30)21(15-6-8-18(26)9-7-15)31-24(32-22)25(27,28)29/h3-9,14,16H,2,10-13,30H2,1H3. The number of nitrogens with zero attached hydrogens (tertiary/aromatic N) is 3. The predicted octanol–water partition coefficient (Wildman–Crippen LogP) is 5.58. The molecule has 0 atom stereocenters. The van der Waals surface area contributed by atoms with Crippen LogP contribution in [0.3, 0.4) is 0 Å². The van der Waals surface area contributed by atoms with Crippen LogP contribution in [0.5, 0.6) is 0 Å². The number of benzene rings is 2. The Balaban J connectivity index is 1.87. The highest BCUT2D eigenvalue weighted by Gasteiger charge is 2.38. The van der Waals surface area contributed by atoms with Gasteiger partial charge in [-0.15, -0.1) is 9.32 Å². The van der Waals surface area contributed by atoms with Gasteiger partial charge in [-0.25, -0.2) is 14.4 Å². The number of aromatic nitrogens is 2. The Hall–Kier alpha value is -3.26. The number of alkyl halides is 3. The average Bonchev–Trinajstić information content (AvgIpc) is 2.91. The van der Waals surface area contributed by atoms with Crippen LogP contribution in [-0.2, 0) is 25.0 Å². The zero-order valence-corrected chi connectivity index (χ0v) is 21.0. The fraction of sp³-hybridized carbons (Fsp3) is 0.320. The molecule has 1 saturated heterocycles. The second-order valence-corrected chi connectivity index (χ2v) is 9.16. The van der Waals surface area contributed by atoms with Gasteiger partial charge >= 0.3 is 12.1 Å². The summed E-state index contributed by atoms with van der Waals surface area (Å²) in [5.74, 6) is 2.42. The van der Waals surface area contributed by atoms with Crippen LogP contribution in [0, 0.1) is 11.7 Å². The number of rotatable bonds is 8. The minimum Gasteiger partial charge on any atom is -0.466 e. The number of hydrogen-bond acceptors (Lipinski definition) is 9. The number of hydrogen-bond donors (Lipinski definition) is 1. The summed E-state index contributed by atoms with van der Waals surface area (Å²) in [6.07, 6.45) is -4.07. The van der Waals surface area contributed by atoms with Gasteiger partial charge in [0.05, 0.1) is 35.8 Å². The van der Waals surface area contributed by atoms with Crippen LogP contribution in [-0.4, -0.2) is 35.6 Å². The van der Waals surface area contributed by atoms with E-state index in [9.17, 15) is 22.4 Å². The molecule has 0 spiro atoms. The summed E-state index contributed by atoms with van der Waals surface area (Å²) < 4.78 is 65.5. The van der Waals surface area contributed by atoms with Gasteiger partial charge in [0.1, 0.15) is 11.6 Å². The fourth-order valence-electron chi connectivity index (χ4n) is 4.24. The third kappa shape index (κ3) is 6.41. The van der Waals surface area contributed by atoms with E-state index in [4.69, 9.17) is 15.0 Å². The summed E-state index contributed by atoms with van der Waals surface area (Å²) in [4.78, 5) is 26.5. The zero-order chi connectivity index (χ0) is 27.3. The maximum Gasteiger partial charge on any atom is 0.451 e. The number of esters is 1. The molecule has 2 N–H and O–H groups in total. The summed E-state index contributed by atoms with van der Waals surface area (Å²) in [5.41, 5.74) is 1.06. The molecule has 0 radical (unpaired) electrons. The van der Waals surface area contributed by atoms with E-state index in [0.29, 0.717) is 28.9 Å². The molecule has 1 fully saturated rings.